The molecule has 0 bridgehead atoms. The highest BCUT2D eigenvalue weighted by Crippen LogP contribution is 2.31. The lowest BCUT2D eigenvalue weighted by Gasteiger charge is -2.19. The zero-order valence-electron chi connectivity index (χ0n) is 9.04. The number of rotatable bonds is 3. The highest BCUT2D eigenvalue weighted by atomic mass is 32.2. The number of thioether (sulfide) groups is 1. The quantitative estimate of drug-likeness (QED) is 0.595. The SMILES string of the molecule is OB(O)c1cnc(SC2CCCCC2)nc1. The second-order valence-corrected chi connectivity index (χ2v) is 5.32. The molecule has 1 aromatic heterocycles. The molecule has 2 rings (SSSR count). The van der Waals surface area contributed by atoms with E-state index in [2.05, 4.69) is 9.97 Å². The summed E-state index contributed by atoms with van der Waals surface area (Å²) in [5.41, 5.74) is 0.341. The molecule has 1 aromatic rings. The van der Waals surface area contributed by atoms with Crippen molar-refractivity contribution in [3.05, 3.63) is 12.4 Å². The Labute approximate surface area is 99.7 Å². The third-order valence-corrected chi connectivity index (χ3v) is 4.00. The monoisotopic (exact) mass is 238 g/mol. The van der Waals surface area contributed by atoms with Gasteiger partial charge in [-0.05, 0) is 12.8 Å². The molecule has 6 heteroatoms. The molecule has 0 atom stereocenters. The molecule has 0 unspecified atom stereocenters. The Bertz CT molecular complexity index is 328. The first-order valence-electron chi connectivity index (χ1n) is 5.60. The van der Waals surface area contributed by atoms with E-state index in [1.54, 1.807) is 11.8 Å². The highest BCUT2D eigenvalue weighted by Gasteiger charge is 2.17. The predicted octanol–water partition coefficient (Wildman–Crippen LogP) is 0.581. The number of hydrogen-bond acceptors (Lipinski definition) is 5. The van der Waals surface area contributed by atoms with E-state index in [0.29, 0.717) is 10.7 Å². The van der Waals surface area contributed by atoms with Gasteiger partial charge in [-0.1, -0.05) is 31.0 Å². The van der Waals surface area contributed by atoms with Gasteiger partial charge in [0, 0.05) is 23.1 Å². The zero-order chi connectivity index (χ0) is 11.4. The summed E-state index contributed by atoms with van der Waals surface area (Å²) >= 11 is 1.70. The van der Waals surface area contributed by atoms with Crippen LogP contribution in [0, 0.1) is 0 Å². The van der Waals surface area contributed by atoms with Crippen LogP contribution in [-0.4, -0.2) is 32.4 Å². The fourth-order valence-electron chi connectivity index (χ4n) is 1.85. The molecular weight excluding hydrogens is 223 g/mol. The summed E-state index contributed by atoms with van der Waals surface area (Å²) in [6.07, 6.45) is 9.35. The van der Waals surface area contributed by atoms with E-state index in [1.165, 1.54) is 44.5 Å². The minimum absolute atomic E-state index is 0.341. The van der Waals surface area contributed by atoms with Crippen LogP contribution in [0.3, 0.4) is 0 Å². The van der Waals surface area contributed by atoms with E-state index < -0.39 is 7.12 Å². The van der Waals surface area contributed by atoms with Crippen LogP contribution in [0.25, 0.3) is 0 Å². The molecule has 1 fully saturated rings. The predicted molar refractivity (Wildman–Crippen MR) is 64.6 cm³/mol. The van der Waals surface area contributed by atoms with Crippen LogP contribution in [0.4, 0.5) is 0 Å². The topological polar surface area (TPSA) is 66.2 Å². The number of aromatic nitrogens is 2. The van der Waals surface area contributed by atoms with E-state index in [1.807, 2.05) is 0 Å². The molecule has 2 N–H and O–H groups in total. The van der Waals surface area contributed by atoms with Crippen molar-refractivity contribution >= 4 is 24.3 Å². The largest absolute Gasteiger partial charge is 0.491 e. The molecule has 0 aromatic carbocycles. The molecule has 0 spiro atoms. The Morgan fingerprint density at radius 2 is 1.75 bits per heavy atom. The molecule has 0 amide bonds. The van der Waals surface area contributed by atoms with Gasteiger partial charge >= 0.3 is 7.12 Å². The smallest absolute Gasteiger partial charge is 0.423 e. The molecular formula is C10H15BN2O2S. The lowest BCUT2D eigenvalue weighted by Crippen LogP contribution is -2.30. The maximum Gasteiger partial charge on any atom is 0.491 e. The van der Waals surface area contributed by atoms with E-state index >= 15 is 0 Å². The van der Waals surface area contributed by atoms with Gasteiger partial charge in [0.2, 0.25) is 0 Å². The molecule has 1 heterocycles. The van der Waals surface area contributed by atoms with Crippen molar-refractivity contribution in [2.45, 2.75) is 42.5 Å². The van der Waals surface area contributed by atoms with E-state index in [9.17, 15) is 0 Å². The molecule has 0 aliphatic heterocycles. The van der Waals surface area contributed by atoms with Gasteiger partial charge in [-0.25, -0.2) is 9.97 Å². The fourth-order valence-corrected chi connectivity index (χ4v) is 2.95. The van der Waals surface area contributed by atoms with Crippen LogP contribution in [0.2, 0.25) is 0 Å². The number of hydrogen-bond donors (Lipinski definition) is 2. The minimum Gasteiger partial charge on any atom is -0.423 e. The Hall–Kier alpha value is -0.585. The Balaban J connectivity index is 1.93. The van der Waals surface area contributed by atoms with Gasteiger partial charge in [-0.2, -0.15) is 0 Å². The molecule has 86 valence electrons. The minimum atomic E-state index is -1.48. The molecule has 1 saturated carbocycles. The second-order valence-electron chi connectivity index (χ2n) is 4.05. The molecule has 1 aliphatic rings. The van der Waals surface area contributed by atoms with Crippen LogP contribution in [0.5, 0.6) is 0 Å². The average molecular weight is 238 g/mol. The number of nitrogens with zero attached hydrogens (tertiary/aromatic N) is 2. The van der Waals surface area contributed by atoms with Crippen molar-refractivity contribution < 1.29 is 10.0 Å². The fraction of sp³-hybridized carbons (Fsp3) is 0.600. The van der Waals surface area contributed by atoms with Gasteiger partial charge in [0.05, 0.1) is 0 Å². The summed E-state index contributed by atoms with van der Waals surface area (Å²) in [6.45, 7) is 0. The molecule has 16 heavy (non-hydrogen) atoms. The van der Waals surface area contributed by atoms with Gasteiger partial charge in [-0.3, -0.25) is 0 Å². The lowest BCUT2D eigenvalue weighted by molar-refractivity contribution is 0.425. The van der Waals surface area contributed by atoms with Crippen LogP contribution < -0.4 is 5.46 Å². The Morgan fingerprint density at radius 3 is 2.31 bits per heavy atom. The summed E-state index contributed by atoms with van der Waals surface area (Å²) in [5, 5.41) is 19.2. The first-order chi connectivity index (χ1) is 7.75. The van der Waals surface area contributed by atoms with Crippen LogP contribution in [0.15, 0.2) is 17.6 Å². The van der Waals surface area contributed by atoms with Crippen molar-refractivity contribution in [1.29, 1.82) is 0 Å². The summed E-state index contributed by atoms with van der Waals surface area (Å²) in [5.74, 6) is 0. The van der Waals surface area contributed by atoms with Crippen molar-refractivity contribution in [2.75, 3.05) is 0 Å². The standard InChI is InChI=1S/C10H15BN2O2S/c14-11(15)8-6-12-10(13-7-8)16-9-4-2-1-3-5-9/h6-7,9,14-15H,1-5H2. The van der Waals surface area contributed by atoms with Gasteiger partial charge in [-0.15, -0.1) is 0 Å². The van der Waals surface area contributed by atoms with E-state index in [0.717, 1.165) is 5.16 Å². The van der Waals surface area contributed by atoms with Gasteiger partial charge in [0.1, 0.15) is 0 Å². The Morgan fingerprint density at radius 1 is 1.12 bits per heavy atom. The van der Waals surface area contributed by atoms with Crippen LogP contribution in [0.1, 0.15) is 32.1 Å². The summed E-state index contributed by atoms with van der Waals surface area (Å²) in [4.78, 5) is 8.25. The van der Waals surface area contributed by atoms with Crippen molar-refractivity contribution in [3.63, 3.8) is 0 Å². The second kappa shape index (κ2) is 5.66. The van der Waals surface area contributed by atoms with Gasteiger partial charge < -0.3 is 10.0 Å². The van der Waals surface area contributed by atoms with Crippen molar-refractivity contribution in [1.82, 2.24) is 9.97 Å². The maximum atomic E-state index is 8.90. The third kappa shape index (κ3) is 3.20. The van der Waals surface area contributed by atoms with Gasteiger partial charge in [0.15, 0.2) is 5.16 Å². The van der Waals surface area contributed by atoms with E-state index in [-0.39, 0.29) is 0 Å². The summed E-state index contributed by atoms with van der Waals surface area (Å²) in [6, 6.07) is 0. The third-order valence-electron chi connectivity index (χ3n) is 2.77. The van der Waals surface area contributed by atoms with Crippen molar-refractivity contribution in [2.24, 2.45) is 0 Å². The highest BCUT2D eigenvalue weighted by molar-refractivity contribution is 7.99. The molecule has 4 nitrogen and oxygen atoms in total. The van der Waals surface area contributed by atoms with Gasteiger partial charge in [0.25, 0.3) is 0 Å². The maximum absolute atomic E-state index is 8.90. The first-order valence-corrected chi connectivity index (χ1v) is 6.48. The lowest BCUT2D eigenvalue weighted by atomic mass is 9.83. The van der Waals surface area contributed by atoms with Crippen molar-refractivity contribution in [3.8, 4) is 0 Å². The average Bonchev–Trinajstić information content (AvgIpc) is 2.31. The first kappa shape index (κ1) is 11.9. The summed E-state index contributed by atoms with van der Waals surface area (Å²) < 4.78 is 0. The Kier molecular flexibility index (Phi) is 4.20. The van der Waals surface area contributed by atoms with E-state index in [4.69, 9.17) is 10.0 Å². The van der Waals surface area contributed by atoms with Crippen LogP contribution >= 0.6 is 11.8 Å². The normalized spacial score (nSPS) is 17.4. The molecule has 0 saturated heterocycles. The molecule has 0 radical (unpaired) electrons. The summed E-state index contributed by atoms with van der Waals surface area (Å²) in [7, 11) is -1.48. The molecule has 1 aliphatic carbocycles. The zero-order valence-corrected chi connectivity index (χ0v) is 9.86. The van der Waals surface area contributed by atoms with Crippen LogP contribution in [-0.2, 0) is 0 Å².